The summed E-state index contributed by atoms with van der Waals surface area (Å²) in [6.45, 7) is 2.56. The van der Waals surface area contributed by atoms with E-state index in [4.69, 9.17) is 4.74 Å². The van der Waals surface area contributed by atoms with Gasteiger partial charge in [-0.05, 0) is 31.2 Å². The molecule has 0 bridgehead atoms. The van der Waals surface area contributed by atoms with Gasteiger partial charge in [-0.15, -0.1) is 0 Å². The van der Waals surface area contributed by atoms with Gasteiger partial charge in [0.2, 0.25) is 11.8 Å². The van der Waals surface area contributed by atoms with Crippen LogP contribution in [-0.4, -0.2) is 36.5 Å². The summed E-state index contributed by atoms with van der Waals surface area (Å²) in [6, 6.07) is 8.55. The van der Waals surface area contributed by atoms with Crippen LogP contribution in [0, 0.1) is 0 Å². The smallest absolute Gasteiger partial charge is 0.407 e. The molecule has 1 aromatic rings. The van der Waals surface area contributed by atoms with Gasteiger partial charge in [-0.3, -0.25) is 9.59 Å². The number of nitrogens with one attached hydrogen (secondary N) is 3. The predicted octanol–water partition coefficient (Wildman–Crippen LogP) is 1.48. The average Bonchev–Trinajstić information content (AvgIpc) is 2.63. The van der Waals surface area contributed by atoms with Crippen LogP contribution in [0.15, 0.2) is 30.3 Å². The number of benzene rings is 1. The second-order valence-corrected chi connectivity index (χ2v) is 6.01. The van der Waals surface area contributed by atoms with Crippen molar-refractivity contribution in [3.05, 3.63) is 35.9 Å². The lowest BCUT2D eigenvalue weighted by molar-refractivity contribution is -0.137. The van der Waals surface area contributed by atoms with Gasteiger partial charge in [0.05, 0.1) is 0 Å². The fourth-order valence-electron chi connectivity index (χ4n) is 2.60. The Labute approximate surface area is 147 Å². The van der Waals surface area contributed by atoms with Crippen molar-refractivity contribution in [2.24, 2.45) is 0 Å². The summed E-state index contributed by atoms with van der Waals surface area (Å²) in [7, 11) is 0. The predicted molar refractivity (Wildman–Crippen MR) is 92.6 cm³/mol. The van der Waals surface area contributed by atoms with Gasteiger partial charge in [0.15, 0.2) is 0 Å². The van der Waals surface area contributed by atoms with E-state index in [1.165, 1.54) is 0 Å². The summed E-state index contributed by atoms with van der Waals surface area (Å²) in [5.41, 5.74) is 0.932. The van der Waals surface area contributed by atoms with Gasteiger partial charge in [-0.2, -0.15) is 0 Å². The number of alkyl carbamates (subject to hydrolysis) is 1. The minimum atomic E-state index is -0.486. The third kappa shape index (κ3) is 6.10. The summed E-state index contributed by atoms with van der Waals surface area (Å²) in [6.07, 6.45) is 2.10. The van der Waals surface area contributed by atoms with Gasteiger partial charge < -0.3 is 20.7 Å². The first-order valence-electron chi connectivity index (χ1n) is 8.65. The van der Waals surface area contributed by atoms with Crippen LogP contribution in [0.4, 0.5) is 4.79 Å². The highest BCUT2D eigenvalue weighted by Gasteiger charge is 2.31. The molecule has 0 spiro atoms. The molecule has 3 N–H and O–H groups in total. The molecule has 2 atom stereocenters. The van der Waals surface area contributed by atoms with Crippen molar-refractivity contribution in [2.75, 3.05) is 6.54 Å². The van der Waals surface area contributed by atoms with E-state index in [-0.39, 0.29) is 18.4 Å². The molecule has 25 heavy (non-hydrogen) atoms. The fourth-order valence-corrected chi connectivity index (χ4v) is 2.60. The van der Waals surface area contributed by atoms with Crippen LogP contribution in [0.3, 0.4) is 0 Å². The number of hydrogen-bond donors (Lipinski definition) is 3. The Hall–Kier alpha value is -2.57. The van der Waals surface area contributed by atoms with Crippen LogP contribution in [0.5, 0.6) is 0 Å². The molecule has 1 fully saturated rings. The zero-order valence-corrected chi connectivity index (χ0v) is 14.4. The minimum Gasteiger partial charge on any atom is -0.445 e. The van der Waals surface area contributed by atoms with E-state index in [9.17, 15) is 14.4 Å². The van der Waals surface area contributed by atoms with E-state index in [1.54, 1.807) is 0 Å². The summed E-state index contributed by atoms with van der Waals surface area (Å²) in [5.74, 6) is -0.267. The number of rotatable bonds is 8. The highest BCUT2D eigenvalue weighted by Crippen LogP contribution is 2.07. The summed E-state index contributed by atoms with van der Waals surface area (Å²) in [4.78, 5) is 35.2. The van der Waals surface area contributed by atoms with Gasteiger partial charge >= 0.3 is 6.09 Å². The van der Waals surface area contributed by atoms with Crippen LogP contribution >= 0.6 is 0 Å². The Morgan fingerprint density at radius 1 is 1.08 bits per heavy atom. The van der Waals surface area contributed by atoms with Crippen LogP contribution < -0.4 is 16.0 Å². The number of amides is 3. The second-order valence-electron chi connectivity index (χ2n) is 6.01. The topological polar surface area (TPSA) is 96.5 Å². The first kappa shape index (κ1) is 18.8. The van der Waals surface area contributed by atoms with Crippen LogP contribution in [0.1, 0.15) is 38.2 Å². The van der Waals surface area contributed by atoms with Crippen molar-refractivity contribution >= 4 is 17.9 Å². The Kier molecular flexibility index (Phi) is 7.25. The molecule has 1 unspecified atom stereocenters. The average molecular weight is 347 g/mol. The molecule has 0 aliphatic carbocycles. The van der Waals surface area contributed by atoms with Crippen molar-refractivity contribution in [3.8, 4) is 0 Å². The summed E-state index contributed by atoms with van der Waals surface area (Å²) in [5, 5.41) is 8.14. The molecule has 1 aliphatic heterocycles. The lowest BCUT2D eigenvalue weighted by Gasteiger charge is -2.28. The summed E-state index contributed by atoms with van der Waals surface area (Å²) >= 11 is 0. The monoisotopic (exact) mass is 347 g/mol. The maximum Gasteiger partial charge on any atom is 0.407 e. The first-order chi connectivity index (χ1) is 12.1. The molecule has 7 heteroatoms. The number of ether oxygens (including phenoxy) is 1. The molecule has 1 aromatic carbocycles. The standard InChI is InChI=1S/C18H25N3O4/c1-2-14-16(22)21-15(17(23)20-14)10-6-7-11-19-18(24)25-12-13-8-4-3-5-9-13/h3-5,8-9,14-15H,2,6-7,10-12H2,1H3,(H,19,24)(H,20,23)(H,21,22)/t14?,15-/m0/s1. The van der Waals surface area contributed by atoms with E-state index in [0.29, 0.717) is 32.2 Å². The number of piperazine rings is 1. The van der Waals surface area contributed by atoms with Gasteiger partial charge in [0.25, 0.3) is 0 Å². The normalized spacial score (nSPS) is 19.7. The molecule has 1 saturated heterocycles. The van der Waals surface area contributed by atoms with Crippen molar-refractivity contribution in [3.63, 3.8) is 0 Å². The molecule has 136 valence electrons. The lowest BCUT2D eigenvalue weighted by atomic mass is 10.0. The van der Waals surface area contributed by atoms with Crippen molar-refractivity contribution in [1.82, 2.24) is 16.0 Å². The Morgan fingerprint density at radius 3 is 2.48 bits per heavy atom. The first-order valence-corrected chi connectivity index (χ1v) is 8.65. The lowest BCUT2D eigenvalue weighted by Crippen LogP contribution is -2.61. The maximum atomic E-state index is 11.9. The van der Waals surface area contributed by atoms with Crippen molar-refractivity contribution < 1.29 is 19.1 Å². The van der Waals surface area contributed by atoms with E-state index < -0.39 is 18.2 Å². The van der Waals surface area contributed by atoms with E-state index in [1.807, 2.05) is 37.3 Å². The Bertz CT molecular complexity index is 591. The quantitative estimate of drug-likeness (QED) is 0.621. The zero-order chi connectivity index (χ0) is 18.1. The molecule has 7 nitrogen and oxygen atoms in total. The van der Waals surface area contributed by atoms with Gasteiger partial charge in [0.1, 0.15) is 18.7 Å². The number of carbonyl (C=O) groups is 3. The number of unbranched alkanes of at least 4 members (excludes halogenated alkanes) is 1. The maximum absolute atomic E-state index is 11.9. The van der Waals surface area contributed by atoms with E-state index in [2.05, 4.69) is 16.0 Å². The molecule has 0 radical (unpaired) electrons. The van der Waals surface area contributed by atoms with Gasteiger partial charge in [0, 0.05) is 6.54 Å². The molecule has 1 heterocycles. The zero-order valence-electron chi connectivity index (χ0n) is 14.4. The molecule has 2 rings (SSSR count). The number of carbonyl (C=O) groups excluding carboxylic acids is 3. The van der Waals surface area contributed by atoms with E-state index in [0.717, 1.165) is 5.56 Å². The molecule has 3 amide bonds. The molecule has 1 aliphatic rings. The highest BCUT2D eigenvalue weighted by molar-refractivity contribution is 5.96. The van der Waals surface area contributed by atoms with E-state index >= 15 is 0 Å². The molecule has 0 saturated carbocycles. The van der Waals surface area contributed by atoms with Crippen LogP contribution in [0.25, 0.3) is 0 Å². The SMILES string of the molecule is CCC1NC(=O)[C@H](CCCCNC(=O)OCc2ccccc2)NC1=O. The largest absolute Gasteiger partial charge is 0.445 e. The second kappa shape index (κ2) is 9.66. The number of hydrogen-bond acceptors (Lipinski definition) is 4. The van der Waals surface area contributed by atoms with Gasteiger partial charge in [-0.25, -0.2) is 4.79 Å². The summed E-state index contributed by atoms with van der Waals surface area (Å²) < 4.78 is 5.11. The van der Waals surface area contributed by atoms with Crippen LogP contribution in [-0.2, 0) is 20.9 Å². The third-order valence-electron chi connectivity index (χ3n) is 4.08. The third-order valence-corrected chi connectivity index (χ3v) is 4.08. The van der Waals surface area contributed by atoms with Crippen LogP contribution in [0.2, 0.25) is 0 Å². The molecule has 0 aromatic heterocycles. The molecular formula is C18H25N3O4. The Morgan fingerprint density at radius 2 is 1.76 bits per heavy atom. The Balaban J connectivity index is 1.56. The highest BCUT2D eigenvalue weighted by atomic mass is 16.5. The fraction of sp³-hybridized carbons (Fsp3) is 0.500. The van der Waals surface area contributed by atoms with Crippen molar-refractivity contribution in [1.29, 1.82) is 0 Å². The minimum absolute atomic E-state index is 0.130. The molecular weight excluding hydrogens is 322 g/mol. The van der Waals surface area contributed by atoms with Gasteiger partial charge in [-0.1, -0.05) is 37.3 Å². The van der Waals surface area contributed by atoms with Crippen molar-refractivity contribution in [2.45, 2.75) is 51.3 Å².